The zero-order valence-corrected chi connectivity index (χ0v) is 15.3. The average Bonchev–Trinajstić information content (AvgIpc) is 3.09. The minimum Gasteiger partial charge on any atom is -0.467 e. The molecule has 0 radical (unpaired) electrons. The van der Waals surface area contributed by atoms with E-state index in [1.165, 1.54) is 11.1 Å². The van der Waals surface area contributed by atoms with E-state index in [0.717, 1.165) is 0 Å². The number of benzene rings is 1. The van der Waals surface area contributed by atoms with Crippen molar-refractivity contribution in [1.82, 2.24) is 18.9 Å². The highest BCUT2D eigenvalue weighted by Gasteiger charge is 2.21. The van der Waals surface area contributed by atoms with Gasteiger partial charge < -0.3 is 4.74 Å². The number of fused-ring (bicyclic) bond motifs is 1. The number of nitrogens with zero attached hydrogens (tertiary/aromatic N) is 4. The lowest BCUT2D eigenvalue weighted by Gasteiger charge is -2.06. The van der Waals surface area contributed by atoms with Crippen LogP contribution in [0.3, 0.4) is 0 Å². The molecule has 0 saturated carbocycles. The standard InChI is InChI=1S/C19H16N4O3S/c1-26-19-21-10-15(11-22-19)17-12-23(18-16(17)8-5-9-20-18)27(24,25)13-14-6-3-2-4-7-14/h2-12H,13H2,1H3. The molecular weight excluding hydrogens is 364 g/mol. The number of hydrogen-bond donors (Lipinski definition) is 0. The van der Waals surface area contributed by atoms with Crippen LogP contribution < -0.4 is 4.74 Å². The SMILES string of the molecule is COc1ncc(-c2cn(S(=O)(=O)Cc3ccccc3)c3ncccc23)cn1. The lowest BCUT2D eigenvalue weighted by molar-refractivity contribution is 0.380. The fourth-order valence-electron chi connectivity index (χ4n) is 2.89. The Morgan fingerprint density at radius 2 is 1.74 bits per heavy atom. The van der Waals surface area contributed by atoms with Crippen molar-refractivity contribution in [3.8, 4) is 17.1 Å². The van der Waals surface area contributed by atoms with E-state index in [4.69, 9.17) is 4.74 Å². The van der Waals surface area contributed by atoms with Gasteiger partial charge in [0.1, 0.15) is 0 Å². The van der Waals surface area contributed by atoms with Gasteiger partial charge in [-0.15, -0.1) is 0 Å². The van der Waals surface area contributed by atoms with Crippen LogP contribution in [0.5, 0.6) is 6.01 Å². The summed E-state index contributed by atoms with van der Waals surface area (Å²) in [6.07, 6.45) is 6.34. The fraction of sp³-hybridized carbons (Fsp3) is 0.105. The van der Waals surface area contributed by atoms with E-state index in [9.17, 15) is 8.42 Å². The first-order chi connectivity index (χ1) is 13.1. The van der Waals surface area contributed by atoms with E-state index in [-0.39, 0.29) is 11.8 Å². The summed E-state index contributed by atoms with van der Waals surface area (Å²) in [7, 11) is -2.16. The van der Waals surface area contributed by atoms with Crippen LogP contribution in [0.2, 0.25) is 0 Å². The molecule has 0 aliphatic rings. The second kappa shape index (κ2) is 6.81. The molecule has 0 amide bonds. The van der Waals surface area contributed by atoms with Crippen LogP contribution in [0.15, 0.2) is 67.3 Å². The third-order valence-corrected chi connectivity index (χ3v) is 5.72. The molecule has 4 rings (SSSR count). The first-order valence-corrected chi connectivity index (χ1v) is 9.79. The minimum atomic E-state index is -3.65. The molecular formula is C19H16N4O3S. The Kier molecular flexibility index (Phi) is 4.33. The van der Waals surface area contributed by atoms with E-state index in [1.807, 2.05) is 24.3 Å². The van der Waals surface area contributed by atoms with Gasteiger partial charge in [-0.3, -0.25) is 0 Å². The summed E-state index contributed by atoms with van der Waals surface area (Å²) >= 11 is 0. The molecule has 0 bridgehead atoms. The van der Waals surface area contributed by atoms with Crippen molar-refractivity contribution in [2.24, 2.45) is 0 Å². The summed E-state index contributed by atoms with van der Waals surface area (Å²) in [4.78, 5) is 12.5. The Morgan fingerprint density at radius 1 is 1.00 bits per heavy atom. The zero-order chi connectivity index (χ0) is 18.9. The summed E-state index contributed by atoms with van der Waals surface area (Å²) in [6.45, 7) is 0. The molecule has 0 fully saturated rings. The Hall–Kier alpha value is -3.26. The fourth-order valence-corrected chi connectivity index (χ4v) is 4.32. The van der Waals surface area contributed by atoms with Crippen LogP contribution in [-0.4, -0.2) is 34.5 Å². The van der Waals surface area contributed by atoms with Crippen molar-refractivity contribution in [2.45, 2.75) is 5.75 Å². The average molecular weight is 380 g/mol. The smallest absolute Gasteiger partial charge is 0.316 e. The quantitative estimate of drug-likeness (QED) is 0.529. The van der Waals surface area contributed by atoms with E-state index in [1.54, 1.807) is 43.0 Å². The molecule has 0 unspecified atom stereocenters. The number of hydrogen-bond acceptors (Lipinski definition) is 6. The maximum absolute atomic E-state index is 13.0. The van der Waals surface area contributed by atoms with Crippen LogP contribution in [0, 0.1) is 0 Å². The van der Waals surface area contributed by atoms with Crippen LogP contribution in [0.4, 0.5) is 0 Å². The van der Waals surface area contributed by atoms with Crippen molar-refractivity contribution in [2.75, 3.05) is 7.11 Å². The van der Waals surface area contributed by atoms with Crippen molar-refractivity contribution in [1.29, 1.82) is 0 Å². The minimum absolute atomic E-state index is 0.118. The van der Waals surface area contributed by atoms with Gasteiger partial charge in [0, 0.05) is 41.3 Å². The van der Waals surface area contributed by atoms with Gasteiger partial charge in [-0.1, -0.05) is 30.3 Å². The molecule has 0 saturated heterocycles. The molecule has 1 aromatic carbocycles. The van der Waals surface area contributed by atoms with Gasteiger partial charge in [-0.2, -0.15) is 0 Å². The van der Waals surface area contributed by atoms with Gasteiger partial charge in [-0.05, 0) is 17.7 Å². The van der Waals surface area contributed by atoms with E-state index >= 15 is 0 Å². The molecule has 8 heteroatoms. The van der Waals surface area contributed by atoms with Crippen LogP contribution in [0.1, 0.15) is 5.56 Å². The normalized spacial score (nSPS) is 11.6. The van der Waals surface area contributed by atoms with E-state index in [2.05, 4.69) is 15.0 Å². The zero-order valence-electron chi connectivity index (χ0n) is 14.5. The van der Waals surface area contributed by atoms with Crippen molar-refractivity contribution >= 4 is 21.1 Å². The number of ether oxygens (including phenoxy) is 1. The van der Waals surface area contributed by atoms with Gasteiger partial charge in [0.05, 0.1) is 12.9 Å². The van der Waals surface area contributed by atoms with Crippen LogP contribution >= 0.6 is 0 Å². The number of methoxy groups -OCH3 is 1. The highest BCUT2D eigenvalue weighted by molar-refractivity contribution is 7.89. The molecule has 7 nitrogen and oxygen atoms in total. The van der Waals surface area contributed by atoms with Crippen molar-refractivity contribution < 1.29 is 13.2 Å². The Balaban J connectivity index is 1.84. The molecule has 4 aromatic rings. The second-order valence-electron chi connectivity index (χ2n) is 5.91. The number of aromatic nitrogens is 4. The number of rotatable bonds is 5. The monoisotopic (exact) mass is 380 g/mol. The molecule has 0 spiro atoms. The third kappa shape index (κ3) is 3.26. The molecule has 0 atom stereocenters. The van der Waals surface area contributed by atoms with E-state index in [0.29, 0.717) is 27.7 Å². The summed E-state index contributed by atoms with van der Waals surface area (Å²) in [5, 5.41) is 0.711. The predicted octanol–water partition coefficient (Wildman–Crippen LogP) is 2.88. The Morgan fingerprint density at radius 3 is 2.44 bits per heavy atom. The largest absolute Gasteiger partial charge is 0.467 e. The summed E-state index contributed by atoms with van der Waals surface area (Å²) in [6, 6.07) is 12.9. The van der Waals surface area contributed by atoms with Gasteiger partial charge in [-0.25, -0.2) is 27.3 Å². The third-order valence-electron chi connectivity index (χ3n) is 4.15. The predicted molar refractivity (Wildman–Crippen MR) is 102 cm³/mol. The van der Waals surface area contributed by atoms with E-state index < -0.39 is 10.0 Å². The Bertz CT molecular complexity index is 1190. The highest BCUT2D eigenvalue weighted by atomic mass is 32.2. The highest BCUT2D eigenvalue weighted by Crippen LogP contribution is 2.30. The maximum atomic E-state index is 13.0. The first kappa shape index (κ1) is 17.2. The molecule has 0 aliphatic heterocycles. The summed E-state index contributed by atoms with van der Waals surface area (Å²) < 4.78 is 32.3. The summed E-state index contributed by atoms with van der Waals surface area (Å²) in [5.74, 6) is -0.118. The van der Waals surface area contributed by atoms with Crippen LogP contribution in [0.25, 0.3) is 22.2 Å². The van der Waals surface area contributed by atoms with Gasteiger partial charge in [0.2, 0.25) is 10.0 Å². The Labute approximate surface area is 156 Å². The molecule has 0 N–H and O–H groups in total. The van der Waals surface area contributed by atoms with Crippen molar-refractivity contribution in [3.63, 3.8) is 0 Å². The molecule has 3 heterocycles. The van der Waals surface area contributed by atoms with Gasteiger partial charge in [0.15, 0.2) is 5.65 Å². The first-order valence-electron chi connectivity index (χ1n) is 8.18. The molecule has 3 aromatic heterocycles. The molecule has 136 valence electrons. The lowest BCUT2D eigenvalue weighted by Crippen LogP contribution is -2.14. The van der Waals surface area contributed by atoms with Gasteiger partial charge >= 0.3 is 6.01 Å². The lowest BCUT2D eigenvalue weighted by atomic mass is 10.1. The maximum Gasteiger partial charge on any atom is 0.316 e. The summed E-state index contributed by atoms with van der Waals surface area (Å²) in [5.41, 5.74) is 2.46. The molecule has 27 heavy (non-hydrogen) atoms. The second-order valence-corrected chi connectivity index (χ2v) is 7.76. The van der Waals surface area contributed by atoms with Crippen LogP contribution in [-0.2, 0) is 15.8 Å². The molecule has 0 aliphatic carbocycles. The topological polar surface area (TPSA) is 87.0 Å². The number of pyridine rings is 1. The van der Waals surface area contributed by atoms with Gasteiger partial charge in [0.25, 0.3) is 0 Å². The van der Waals surface area contributed by atoms with Crippen molar-refractivity contribution in [3.05, 3.63) is 72.8 Å².